The molecule has 0 atom stereocenters. The molecule has 0 amide bonds. The third-order valence-corrected chi connectivity index (χ3v) is 9.20. The van der Waals surface area contributed by atoms with Gasteiger partial charge in [-0.25, -0.2) is 33.3 Å². The minimum atomic E-state index is -3.26. The summed E-state index contributed by atoms with van der Waals surface area (Å²) in [5.74, 6) is 1.20. The lowest BCUT2D eigenvalue weighted by Crippen LogP contribution is -2.32. The van der Waals surface area contributed by atoms with Crippen molar-refractivity contribution in [1.82, 2.24) is 29.5 Å². The Morgan fingerprint density at radius 3 is 2.45 bits per heavy atom. The van der Waals surface area contributed by atoms with E-state index in [2.05, 4.69) is 25.3 Å². The summed E-state index contributed by atoms with van der Waals surface area (Å²) in [4.78, 5) is 36.9. The molecule has 2 aliphatic carbocycles. The third kappa shape index (κ3) is 4.44. The largest absolute Gasteiger partial charge is 0.361 e. The summed E-state index contributed by atoms with van der Waals surface area (Å²) in [6.45, 7) is 3.89. The van der Waals surface area contributed by atoms with Crippen molar-refractivity contribution >= 4 is 26.8 Å². The van der Waals surface area contributed by atoms with Crippen LogP contribution in [0.2, 0.25) is 0 Å². The lowest BCUT2D eigenvalue weighted by Gasteiger charge is -2.28. The average molecular weight is 532 g/mol. The molecule has 0 aliphatic heterocycles. The number of benzene rings is 1. The highest BCUT2D eigenvalue weighted by Crippen LogP contribution is 2.43. The van der Waals surface area contributed by atoms with Crippen molar-refractivity contribution in [2.24, 2.45) is 0 Å². The second kappa shape index (κ2) is 9.54. The first kappa shape index (κ1) is 24.6. The fourth-order valence-electron chi connectivity index (χ4n) is 4.82. The molecule has 6 rings (SSSR count). The number of hydrogen-bond acceptors (Lipinski definition) is 9. The van der Waals surface area contributed by atoms with Gasteiger partial charge in [0.1, 0.15) is 11.8 Å². The van der Waals surface area contributed by atoms with Crippen molar-refractivity contribution in [1.29, 1.82) is 0 Å². The first-order valence-electron chi connectivity index (χ1n) is 13.0. The summed E-state index contributed by atoms with van der Waals surface area (Å²) < 4.78 is 25.9. The molecule has 3 aromatic heterocycles. The highest BCUT2D eigenvalue weighted by Gasteiger charge is 2.31. The Kier molecular flexibility index (Phi) is 6.17. The highest BCUT2D eigenvalue weighted by molar-refractivity contribution is 7.91. The molecule has 10 nitrogen and oxygen atoms in total. The van der Waals surface area contributed by atoms with Gasteiger partial charge in [-0.15, -0.1) is 0 Å². The van der Waals surface area contributed by atoms with Crippen LogP contribution in [0.1, 0.15) is 67.9 Å². The summed E-state index contributed by atoms with van der Waals surface area (Å²) in [5.41, 5.74) is 4.32. The number of anilines is 1. The maximum Gasteiger partial charge on any atom is 0.295 e. The Bertz CT molecular complexity index is 1690. The first-order chi connectivity index (χ1) is 18.4. The smallest absolute Gasteiger partial charge is 0.295 e. The van der Waals surface area contributed by atoms with Gasteiger partial charge in [-0.3, -0.25) is 9.36 Å². The molecule has 2 fully saturated rings. The summed E-state index contributed by atoms with van der Waals surface area (Å²) >= 11 is 0. The summed E-state index contributed by atoms with van der Waals surface area (Å²) in [7, 11) is -3.26. The summed E-state index contributed by atoms with van der Waals surface area (Å²) in [6, 6.07) is 6.75. The van der Waals surface area contributed by atoms with Crippen LogP contribution < -0.4 is 10.9 Å². The molecule has 2 saturated carbocycles. The van der Waals surface area contributed by atoms with E-state index in [-0.39, 0.29) is 28.1 Å². The van der Waals surface area contributed by atoms with E-state index in [1.165, 1.54) is 0 Å². The molecule has 4 aromatic rings. The molecule has 38 heavy (non-hydrogen) atoms. The van der Waals surface area contributed by atoms with Crippen LogP contribution in [0.4, 0.5) is 5.82 Å². The standard InChI is InChI=1S/C27H29N7O3S/c1-3-38(36,37)20-11-7-17(8-12-20)13-28-25-27(35)34(19-5-4-6-19)26-21(32-25)14-29-24(33-26)22-16(2)30-15-31-23(22)18-9-10-18/h7-8,11-12,14-15,18-19H,3-6,9-10,13H2,1-2H3,(H,28,32). The van der Waals surface area contributed by atoms with E-state index in [1.807, 2.05) is 6.92 Å². The molecule has 0 bridgehead atoms. The molecule has 2 aliphatic rings. The van der Waals surface area contributed by atoms with Gasteiger partial charge in [0, 0.05) is 18.5 Å². The van der Waals surface area contributed by atoms with Gasteiger partial charge in [0.25, 0.3) is 5.56 Å². The van der Waals surface area contributed by atoms with Crippen molar-refractivity contribution < 1.29 is 8.42 Å². The normalized spacial score (nSPS) is 15.9. The number of hydrogen-bond donors (Lipinski definition) is 1. The molecule has 0 unspecified atom stereocenters. The van der Waals surface area contributed by atoms with Gasteiger partial charge in [0.05, 0.1) is 33.8 Å². The predicted molar refractivity (Wildman–Crippen MR) is 144 cm³/mol. The molecular weight excluding hydrogens is 502 g/mol. The van der Waals surface area contributed by atoms with Crippen LogP contribution >= 0.6 is 0 Å². The zero-order valence-corrected chi connectivity index (χ0v) is 22.2. The third-order valence-electron chi connectivity index (χ3n) is 7.45. The Hall–Kier alpha value is -3.73. The Morgan fingerprint density at radius 1 is 1.03 bits per heavy atom. The topological polar surface area (TPSA) is 133 Å². The van der Waals surface area contributed by atoms with Crippen molar-refractivity contribution in [3.8, 4) is 11.4 Å². The van der Waals surface area contributed by atoms with Gasteiger partial charge in [-0.2, -0.15) is 0 Å². The van der Waals surface area contributed by atoms with E-state index in [0.29, 0.717) is 29.5 Å². The van der Waals surface area contributed by atoms with E-state index >= 15 is 0 Å². The quantitative estimate of drug-likeness (QED) is 0.359. The predicted octanol–water partition coefficient (Wildman–Crippen LogP) is 3.96. The van der Waals surface area contributed by atoms with Crippen molar-refractivity contribution in [3.05, 3.63) is 64.1 Å². The van der Waals surface area contributed by atoms with Crippen LogP contribution in [0.15, 0.2) is 46.5 Å². The second-order valence-electron chi connectivity index (χ2n) is 10.0. The molecule has 0 radical (unpaired) electrons. The molecule has 0 spiro atoms. The molecule has 1 N–H and O–H groups in total. The van der Waals surface area contributed by atoms with Crippen LogP contribution in [-0.4, -0.2) is 43.7 Å². The zero-order valence-electron chi connectivity index (χ0n) is 21.4. The maximum absolute atomic E-state index is 13.6. The highest BCUT2D eigenvalue weighted by atomic mass is 32.2. The van der Waals surface area contributed by atoms with Crippen molar-refractivity contribution in [2.45, 2.75) is 69.4 Å². The summed E-state index contributed by atoms with van der Waals surface area (Å²) in [5, 5.41) is 3.16. The van der Waals surface area contributed by atoms with E-state index < -0.39 is 9.84 Å². The van der Waals surface area contributed by atoms with E-state index in [9.17, 15) is 13.2 Å². The van der Waals surface area contributed by atoms with Gasteiger partial charge in [0.15, 0.2) is 27.1 Å². The minimum absolute atomic E-state index is 0.0505. The van der Waals surface area contributed by atoms with Crippen molar-refractivity contribution in [3.63, 3.8) is 0 Å². The van der Waals surface area contributed by atoms with Gasteiger partial charge in [0.2, 0.25) is 0 Å². The fraction of sp³-hybridized carbons (Fsp3) is 0.407. The molecule has 196 valence electrons. The van der Waals surface area contributed by atoms with Gasteiger partial charge in [-0.05, 0) is 56.7 Å². The lowest BCUT2D eigenvalue weighted by atomic mass is 9.93. The first-order valence-corrected chi connectivity index (χ1v) is 14.7. The maximum atomic E-state index is 13.6. The number of nitrogens with zero attached hydrogens (tertiary/aromatic N) is 6. The molecule has 0 saturated heterocycles. The number of aromatic nitrogens is 6. The van der Waals surface area contributed by atoms with E-state index in [1.54, 1.807) is 48.3 Å². The lowest BCUT2D eigenvalue weighted by molar-refractivity contribution is 0.313. The van der Waals surface area contributed by atoms with Crippen LogP contribution in [0.3, 0.4) is 0 Å². The molecule has 1 aromatic carbocycles. The van der Waals surface area contributed by atoms with Crippen LogP contribution in [-0.2, 0) is 16.4 Å². The Balaban J connectivity index is 1.37. The van der Waals surface area contributed by atoms with Crippen molar-refractivity contribution in [2.75, 3.05) is 11.1 Å². The van der Waals surface area contributed by atoms with Gasteiger partial charge in [-0.1, -0.05) is 19.1 Å². The van der Waals surface area contributed by atoms with Gasteiger partial charge >= 0.3 is 0 Å². The Morgan fingerprint density at radius 2 is 1.79 bits per heavy atom. The number of nitrogens with one attached hydrogen (secondary N) is 1. The zero-order chi connectivity index (χ0) is 26.4. The minimum Gasteiger partial charge on any atom is -0.361 e. The second-order valence-corrected chi connectivity index (χ2v) is 12.3. The number of sulfone groups is 1. The number of rotatable bonds is 8. The fourth-order valence-corrected chi connectivity index (χ4v) is 5.71. The molecule has 11 heteroatoms. The van der Waals surface area contributed by atoms with Crippen LogP contribution in [0.5, 0.6) is 0 Å². The SMILES string of the molecule is CCS(=O)(=O)c1ccc(CNc2nc3cnc(-c4c(C)ncnc4C4CC4)nc3n(C3CCC3)c2=O)cc1. The molecule has 3 heterocycles. The van der Waals surface area contributed by atoms with E-state index in [4.69, 9.17) is 4.98 Å². The summed E-state index contributed by atoms with van der Waals surface area (Å²) in [6.07, 6.45) is 8.33. The van der Waals surface area contributed by atoms with Crippen LogP contribution in [0, 0.1) is 6.92 Å². The monoisotopic (exact) mass is 531 g/mol. The molecular formula is C27H29N7O3S. The number of aryl methyl sites for hydroxylation is 1. The van der Waals surface area contributed by atoms with Gasteiger partial charge < -0.3 is 5.32 Å². The van der Waals surface area contributed by atoms with Crippen LogP contribution in [0.25, 0.3) is 22.6 Å². The Labute approximate surface area is 220 Å². The van der Waals surface area contributed by atoms with E-state index in [0.717, 1.165) is 54.6 Å². The average Bonchev–Trinajstić information content (AvgIpc) is 3.74. The number of fused-ring (bicyclic) bond motifs is 1.